The Hall–Kier alpha value is -1.39. The van der Waals surface area contributed by atoms with Crippen molar-refractivity contribution < 1.29 is 13.5 Å². The molecule has 3 nitrogen and oxygen atoms in total. The molecule has 0 unspecified atom stereocenters. The van der Waals surface area contributed by atoms with Gasteiger partial charge >= 0.3 is 0 Å². The Morgan fingerprint density at radius 3 is 2.75 bits per heavy atom. The molecule has 66 valence electrons. The summed E-state index contributed by atoms with van der Waals surface area (Å²) in [5.74, 6) is 0.157. The zero-order valence-corrected chi connectivity index (χ0v) is 6.21. The summed E-state index contributed by atoms with van der Waals surface area (Å²) in [5.41, 5.74) is 5.79. The second-order valence-electron chi connectivity index (χ2n) is 2.13. The van der Waals surface area contributed by atoms with Gasteiger partial charge in [0.2, 0.25) is 5.88 Å². The predicted molar refractivity (Wildman–Crippen MR) is 40.1 cm³/mol. The quantitative estimate of drug-likeness (QED) is 0.751. The number of pyridine rings is 1. The van der Waals surface area contributed by atoms with Crippen LogP contribution in [-0.2, 0) is 0 Å². The molecule has 1 aromatic heterocycles. The van der Waals surface area contributed by atoms with E-state index in [1.54, 1.807) is 0 Å². The van der Waals surface area contributed by atoms with Gasteiger partial charge in [-0.05, 0) is 6.07 Å². The molecule has 0 aromatic carbocycles. The van der Waals surface area contributed by atoms with Crippen molar-refractivity contribution in [3.05, 3.63) is 18.3 Å². The summed E-state index contributed by atoms with van der Waals surface area (Å²) in [4.78, 5) is 3.67. The molecule has 12 heavy (non-hydrogen) atoms. The largest absolute Gasteiger partial charge is 0.472 e. The summed E-state index contributed by atoms with van der Waals surface area (Å²) in [6, 6.07) is 2.98. The minimum absolute atomic E-state index is 0.157. The highest BCUT2D eigenvalue weighted by Crippen LogP contribution is 2.09. The number of rotatable bonds is 3. The van der Waals surface area contributed by atoms with E-state index in [-0.39, 0.29) is 5.88 Å². The number of halogens is 2. The van der Waals surface area contributed by atoms with Crippen molar-refractivity contribution in [1.82, 2.24) is 4.98 Å². The molecule has 1 rings (SSSR count). The number of nitrogen functional groups attached to an aromatic ring is 1. The van der Waals surface area contributed by atoms with Crippen LogP contribution in [-0.4, -0.2) is 18.0 Å². The summed E-state index contributed by atoms with van der Waals surface area (Å²) >= 11 is 0. The van der Waals surface area contributed by atoms with Crippen molar-refractivity contribution in [2.45, 2.75) is 6.43 Å². The van der Waals surface area contributed by atoms with E-state index < -0.39 is 13.0 Å². The molecule has 0 saturated heterocycles. The molecular weight excluding hydrogens is 166 g/mol. The van der Waals surface area contributed by atoms with E-state index in [0.29, 0.717) is 5.69 Å². The number of ether oxygens (including phenoxy) is 1. The molecule has 0 saturated carbocycles. The maximum absolute atomic E-state index is 11.6. The Bertz CT molecular complexity index is 238. The van der Waals surface area contributed by atoms with Crippen LogP contribution in [0.4, 0.5) is 14.5 Å². The Labute approximate surface area is 68.2 Å². The van der Waals surface area contributed by atoms with Gasteiger partial charge in [-0.3, -0.25) is 0 Å². The molecule has 0 bridgehead atoms. The lowest BCUT2D eigenvalue weighted by atomic mass is 10.4. The van der Waals surface area contributed by atoms with Crippen LogP contribution < -0.4 is 10.5 Å². The second-order valence-corrected chi connectivity index (χ2v) is 2.13. The molecule has 0 aliphatic rings. The van der Waals surface area contributed by atoms with Crippen LogP contribution in [0, 0.1) is 0 Å². The number of aromatic nitrogens is 1. The highest BCUT2D eigenvalue weighted by Gasteiger charge is 2.03. The highest BCUT2D eigenvalue weighted by atomic mass is 19.3. The van der Waals surface area contributed by atoms with Crippen LogP contribution in [0.5, 0.6) is 5.88 Å². The summed E-state index contributed by atoms with van der Waals surface area (Å²) in [6.07, 6.45) is -1.13. The molecular formula is C7H8F2N2O. The monoisotopic (exact) mass is 174 g/mol. The van der Waals surface area contributed by atoms with E-state index in [4.69, 9.17) is 5.73 Å². The van der Waals surface area contributed by atoms with Crippen LogP contribution in [0.1, 0.15) is 0 Å². The number of alkyl halides is 2. The van der Waals surface area contributed by atoms with Gasteiger partial charge in [0.1, 0.15) is 0 Å². The van der Waals surface area contributed by atoms with E-state index in [0.717, 1.165) is 0 Å². The highest BCUT2D eigenvalue weighted by molar-refractivity contribution is 5.35. The molecule has 0 spiro atoms. The lowest BCUT2D eigenvalue weighted by Gasteiger charge is -2.03. The third-order valence-corrected chi connectivity index (χ3v) is 1.12. The average Bonchev–Trinajstić information content (AvgIpc) is 2.03. The van der Waals surface area contributed by atoms with Crippen LogP contribution in [0.25, 0.3) is 0 Å². The van der Waals surface area contributed by atoms with E-state index in [2.05, 4.69) is 9.72 Å². The van der Waals surface area contributed by atoms with E-state index in [1.807, 2.05) is 0 Å². The van der Waals surface area contributed by atoms with E-state index >= 15 is 0 Å². The number of nitrogens with zero attached hydrogens (tertiary/aromatic N) is 1. The summed E-state index contributed by atoms with van der Waals surface area (Å²) < 4.78 is 27.9. The Kier molecular flexibility index (Phi) is 2.79. The van der Waals surface area contributed by atoms with Crippen molar-refractivity contribution in [3.63, 3.8) is 0 Å². The van der Waals surface area contributed by atoms with Gasteiger partial charge in [0.25, 0.3) is 6.43 Å². The third-order valence-electron chi connectivity index (χ3n) is 1.12. The minimum Gasteiger partial charge on any atom is -0.472 e. The van der Waals surface area contributed by atoms with Crippen molar-refractivity contribution in [2.24, 2.45) is 0 Å². The average molecular weight is 174 g/mol. The number of nitrogens with two attached hydrogens (primary N) is 1. The van der Waals surface area contributed by atoms with Crippen molar-refractivity contribution in [1.29, 1.82) is 0 Å². The predicted octanol–water partition coefficient (Wildman–Crippen LogP) is 1.31. The first kappa shape index (κ1) is 8.70. The van der Waals surface area contributed by atoms with Gasteiger partial charge in [0, 0.05) is 6.07 Å². The topological polar surface area (TPSA) is 48.1 Å². The fourth-order valence-corrected chi connectivity index (χ4v) is 0.625. The Morgan fingerprint density at radius 1 is 1.50 bits per heavy atom. The second kappa shape index (κ2) is 3.85. The van der Waals surface area contributed by atoms with Crippen LogP contribution in [0.2, 0.25) is 0 Å². The van der Waals surface area contributed by atoms with Gasteiger partial charge in [0.15, 0.2) is 6.61 Å². The SMILES string of the molecule is Nc1ccc(OCC(F)F)nc1. The van der Waals surface area contributed by atoms with Gasteiger partial charge < -0.3 is 10.5 Å². The zero-order valence-electron chi connectivity index (χ0n) is 6.21. The molecule has 5 heteroatoms. The normalized spacial score (nSPS) is 10.2. The van der Waals surface area contributed by atoms with Crippen LogP contribution in [0.3, 0.4) is 0 Å². The Morgan fingerprint density at radius 2 is 2.25 bits per heavy atom. The number of hydrogen-bond donors (Lipinski definition) is 1. The fourth-order valence-electron chi connectivity index (χ4n) is 0.625. The molecule has 1 aromatic rings. The lowest BCUT2D eigenvalue weighted by molar-refractivity contribution is 0.0796. The fraction of sp³-hybridized carbons (Fsp3) is 0.286. The lowest BCUT2D eigenvalue weighted by Crippen LogP contribution is -2.07. The van der Waals surface area contributed by atoms with Crippen molar-refractivity contribution in [2.75, 3.05) is 12.3 Å². The summed E-state index contributed by atoms with van der Waals surface area (Å²) in [5, 5.41) is 0. The smallest absolute Gasteiger partial charge is 0.272 e. The first-order valence-corrected chi connectivity index (χ1v) is 3.31. The van der Waals surface area contributed by atoms with Crippen molar-refractivity contribution in [3.8, 4) is 5.88 Å². The third kappa shape index (κ3) is 2.69. The standard InChI is InChI=1S/C7H8F2N2O/c8-6(9)4-12-7-2-1-5(10)3-11-7/h1-3,6H,4,10H2. The molecule has 0 aliphatic carbocycles. The van der Waals surface area contributed by atoms with Crippen LogP contribution >= 0.6 is 0 Å². The first-order valence-electron chi connectivity index (χ1n) is 3.31. The van der Waals surface area contributed by atoms with Gasteiger partial charge in [0.05, 0.1) is 11.9 Å². The van der Waals surface area contributed by atoms with E-state index in [1.165, 1.54) is 18.3 Å². The molecule has 0 amide bonds. The first-order chi connectivity index (χ1) is 5.68. The van der Waals surface area contributed by atoms with Gasteiger partial charge in [-0.15, -0.1) is 0 Å². The molecule has 0 atom stereocenters. The molecule has 1 heterocycles. The molecule has 0 fully saturated rings. The van der Waals surface area contributed by atoms with Crippen molar-refractivity contribution >= 4 is 5.69 Å². The molecule has 2 N–H and O–H groups in total. The van der Waals surface area contributed by atoms with E-state index in [9.17, 15) is 8.78 Å². The summed E-state index contributed by atoms with van der Waals surface area (Å²) in [7, 11) is 0. The van der Waals surface area contributed by atoms with Crippen LogP contribution in [0.15, 0.2) is 18.3 Å². The zero-order chi connectivity index (χ0) is 8.97. The number of anilines is 1. The van der Waals surface area contributed by atoms with Gasteiger partial charge in [-0.25, -0.2) is 13.8 Å². The molecule has 0 aliphatic heterocycles. The maximum atomic E-state index is 11.6. The Balaban J connectivity index is 2.48. The maximum Gasteiger partial charge on any atom is 0.272 e. The minimum atomic E-state index is -2.48. The van der Waals surface area contributed by atoms with Gasteiger partial charge in [-0.1, -0.05) is 0 Å². The van der Waals surface area contributed by atoms with Gasteiger partial charge in [-0.2, -0.15) is 0 Å². The summed E-state index contributed by atoms with van der Waals surface area (Å²) in [6.45, 7) is -0.642. The molecule has 0 radical (unpaired) electrons. The number of hydrogen-bond acceptors (Lipinski definition) is 3.